The Labute approximate surface area is 113 Å². The maximum atomic E-state index is 13.4. The number of ether oxygens (including phenoxy) is 1. The molecule has 0 spiro atoms. The first-order valence-electron chi connectivity index (χ1n) is 5.49. The number of nitrogens with two attached hydrogens (primary N) is 1. The van der Waals surface area contributed by atoms with Gasteiger partial charge in [0.1, 0.15) is 17.8 Å². The van der Waals surface area contributed by atoms with Gasteiger partial charge in [-0.15, -0.1) is 0 Å². The van der Waals surface area contributed by atoms with Gasteiger partial charge in [0.05, 0.1) is 6.61 Å². The summed E-state index contributed by atoms with van der Waals surface area (Å²) < 4.78 is 19.7. The van der Waals surface area contributed by atoms with Crippen LogP contribution in [0.25, 0.3) is 0 Å². The molecule has 0 amide bonds. The van der Waals surface area contributed by atoms with Gasteiger partial charge < -0.3 is 25.8 Å². The largest absolute Gasteiger partial charge is 0.393 e. The molecule has 5 N–H and O–H groups in total. The number of anilines is 1. The third-order valence-electron chi connectivity index (χ3n) is 3.15. The Kier molecular flexibility index (Phi) is 3.58. The number of aromatic nitrogens is 2. The Morgan fingerprint density at radius 3 is 2.79 bits per heavy atom. The minimum absolute atomic E-state index is 0.0997. The summed E-state index contributed by atoms with van der Waals surface area (Å²) in [7, 11) is 0. The quantitative estimate of drug-likeness (QED) is 0.535. The zero-order valence-corrected chi connectivity index (χ0v) is 10.8. The highest BCUT2D eigenvalue weighted by atomic mass is 32.1. The molecule has 0 radical (unpaired) electrons. The van der Waals surface area contributed by atoms with Gasteiger partial charge in [-0.2, -0.15) is 4.98 Å². The summed E-state index contributed by atoms with van der Waals surface area (Å²) in [5, 5.41) is 29.0. The minimum Gasteiger partial charge on any atom is -0.393 e. The average molecular weight is 291 g/mol. The molecule has 1 aromatic rings. The van der Waals surface area contributed by atoms with Crippen LogP contribution in [0, 0.1) is 10.6 Å². The molecule has 106 valence electrons. The monoisotopic (exact) mass is 291 g/mol. The van der Waals surface area contributed by atoms with E-state index in [-0.39, 0.29) is 10.6 Å². The first-order valence-corrected chi connectivity index (χ1v) is 5.90. The van der Waals surface area contributed by atoms with Crippen LogP contribution in [0.5, 0.6) is 0 Å². The Bertz CT molecular complexity index is 554. The standard InChI is InChI=1S/C10H14FN3O4S/c1-10(3-15)6(17)5(16)8(18-10)14-2-4(11)7(12)13-9(14)19/h2,5-6,8,15-17H,3H2,1H3,(H2,12,13,19)/t5-,6+,8+,10+/m0/s1. The molecule has 0 aromatic carbocycles. The molecule has 4 atom stereocenters. The van der Waals surface area contributed by atoms with Gasteiger partial charge in [-0.05, 0) is 19.1 Å². The molecule has 0 saturated carbocycles. The Morgan fingerprint density at radius 1 is 1.63 bits per heavy atom. The number of aliphatic hydroxyl groups excluding tert-OH is 3. The molecule has 1 aliphatic heterocycles. The summed E-state index contributed by atoms with van der Waals surface area (Å²) >= 11 is 4.91. The third-order valence-corrected chi connectivity index (χ3v) is 3.46. The number of nitrogens with zero attached hydrogens (tertiary/aromatic N) is 2. The average Bonchev–Trinajstić information content (AvgIpc) is 2.59. The van der Waals surface area contributed by atoms with Crippen LogP contribution in [0.4, 0.5) is 10.2 Å². The van der Waals surface area contributed by atoms with Crippen LogP contribution in [0.1, 0.15) is 13.2 Å². The van der Waals surface area contributed by atoms with Crippen molar-refractivity contribution >= 4 is 18.0 Å². The zero-order chi connectivity index (χ0) is 14.4. The van der Waals surface area contributed by atoms with Gasteiger partial charge in [0, 0.05) is 6.20 Å². The predicted octanol–water partition coefficient (Wildman–Crippen LogP) is -0.665. The first kappa shape index (κ1) is 14.3. The van der Waals surface area contributed by atoms with Crippen molar-refractivity contribution < 1.29 is 24.4 Å². The van der Waals surface area contributed by atoms with E-state index in [9.17, 15) is 19.7 Å². The zero-order valence-electron chi connectivity index (χ0n) is 10.0. The van der Waals surface area contributed by atoms with E-state index < -0.39 is 36.5 Å². The van der Waals surface area contributed by atoms with Crippen molar-refractivity contribution in [1.82, 2.24) is 9.55 Å². The van der Waals surface area contributed by atoms with Crippen molar-refractivity contribution in [3.63, 3.8) is 0 Å². The van der Waals surface area contributed by atoms with Crippen LogP contribution < -0.4 is 5.73 Å². The molecule has 2 heterocycles. The maximum absolute atomic E-state index is 13.4. The second-order valence-corrected chi connectivity index (χ2v) is 4.94. The molecule has 7 nitrogen and oxygen atoms in total. The molecule has 1 fully saturated rings. The number of nitrogen functional groups attached to an aromatic ring is 1. The minimum atomic E-state index is -1.38. The van der Waals surface area contributed by atoms with E-state index in [1.54, 1.807) is 0 Å². The predicted molar refractivity (Wildman–Crippen MR) is 65.1 cm³/mol. The number of hydrogen-bond acceptors (Lipinski definition) is 7. The van der Waals surface area contributed by atoms with Crippen LogP contribution in [-0.4, -0.2) is 49.3 Å². The molecular weight excluding hydrogens is 277 g/mol. The third kappa shape index (κ3) is 2.23. The number of rotatable bonds is 2. The highest BCUT2D eigenvalue weighted by Gasteiger charge is 2.51. The fraction of sp³-hybridized carbons (Fsp3) is 0.600. The van der Waals surface area contributed by atoms with E-state index in [0.29, 0.717) is 0 Å². The lowest BCUT2D eigenvalue weighted by Crippen LogP contribution is -2.43. The normalized spacial score (nSPS) is 34.7. The number of halogens is 1. The van der Waals surface area contributed by atoms with Crippen LogP contribution in [0.15, 0.2) is 6.20 Å². The summed E-state index contributed by atoms with van der Waals surface area (Å²) in [6.45, 7) is 0.908. The lowest BCUT2D eigenvalue weighted by molar-refractivity contribution is -0.117. The van der Waals surface area contributed by atoms with Gasteiger partial charge in [-0.25, -0.2) is 4.39 Å². The smallest absolute Gasteiger partial charge is 0.203 e. The molecular formula is C10H14FN3O4S. The summed E-state index contributed by atoms with van der Waals surface area (Å²) in [5.74, 6) is -1.18. The fourth-order valence-corrected chi connectivity index (χ4v) is 2.18. The SMILES string of the molecule is C[C@]1(CO)O[C@@H](n2cc(F)c(N)nc2=S)[C@@H](O)[C@H]1O. The second kappa shape index (κ2) is 4.76. The summed E-state index contributed by atoms with van der Waals surface area (Å²) in [6, 6.07) is 0. The van der Waals surface area contributed by atoms with E-state index in [2.05, 4.69) is 4.98 Å². The Morgan fingerprint density at radius 2 is 2.26 bits per heavy atom. The van der Waals surface area contributed by atoms with E-state index in [0.717, 1.165) is 10.8 Å². The van der Waals surface area contributed by atoms with E-state index in [1.165, 1.54) is 6.92 Å². The molecule has 0 aliphatic carbocycles. The van der Waals surface area contributed by atoms with Gasteiger partial charge in [0.25, 0.3) is 0 Å². The highest BCUT2D eigenvalue weighted by Crippen LogP contribution is 2.36. The number of hydrogen-bond donors (Lipinski definition) is 4. The topological polar surface area (TPSA) is 114 Å². The van der Waals surface area contributed by atoms with Gasteiger partial charge in [-0.3, -0.25) is 4.57 Å². The Balaban J connectivity index is 2.44. The van der Waals surface area contributed by atoms with Crippen molar-refractivity contribution in [2.24, 2.45) is 0 Å². The summed E-state index contributed by atoms with van der Waals surface area (Å²) in [4.78, 5) is 3.60. The van der Waals surface area contributed by atoms with Gasteiger partial charge in [0.2, 0.25) is 4.77 Å². The molecule has 9 heteroatoms. The van der Waals surface area contributed by atoms with E-state index in [1.807, 2.05) is 0 Å². The molecule has 1 aromatic heterocycles. The summed E-state index contributed by atoms with van der Waals surface area (Å²) in [5.41, 5.74) is 3.91. The van der Waals surface area contributed by atoms with Crippen molar-refractivity contribution in [2.45, 2.75) is 31.0 Å². The summed E-state index contributed by atoms with van der Waals surface area (Å²) in [6.07, 6.45) is -2.94. The molecule has 1 aliphatic rings. The van der Waals surface area contributed by atoms with Crippen LogP contribution in [-0.2, 0) is 4.74 Å². The molecule has 1 saturated heterocycles. The van der Waals surface area contributed by atoms with Gasteiger partial charge in [0.15, 0.2) is 17.9 Å². The van der Waals surface area contributed by atoms with Crippen molar-refractivity contribution in [3.05, 3.63) is 16.8 Å². The lowest BCUT2D eigenvalue weighted by Gasteiger charge is -2.24. The molecule has 0 unspecified atom stereocenters. The fourth-order valence-electron chi connectivity index (χ4n) is 1.92. The first-order chi connectivity index (χ1) is 8.80. The van der Waals surface area contributed by atoms with E-state index in [4.69, 9.17) is 22.7 Å². The lowest BCUT2D eigenvalue weighted by atomic mass is 9.99. The van der Waals surface area contributed by atoms with Gasteiger partial charge >= 0.3 is 0 Å². The van der Waals surface area contributed by atoms with Crippen LogP contribution >= 0.6 is 12.2 Å². The molecule has 19 heavy (non-hydrogen) atoms. The molecule has 2 rings (SSSR count). The van der Waals surface area contributed by atoms with Crippen LogP contribution in [0.3, 0.4) is 0 Å². The Hall–Kier alpha value is -1.13. The van der Waals surface area contributed by atoms with Crippen LogP contribution in [0.2, 0.25) is 0 Å². The molecule has 0 bridgehead atoms. The van der Waals surface area contributed by atoms with Crippen molar-refractivity contribution in [1.29, 1.82) is 0 Å². The second-order valence-electron chi connectivity index (χ2n) is 4.58. The maximum Gasteiger partial charge on any atom is 0.203 e. The number of aliphatic hydroxyl groups is 3. The van der Waals surface area contributed by atoms with Crippen molar-refractivity contribution in [2.75, 3.05) is 12.3 Å². The van der Waals surface area contributed by atoms with Gasteiger partial charge in [-0.1, -0.05) is 0 Å². The van der Waals surface area contributed by atoms with Crippen molar-refractivity contribution in [3.8, 4) is 0 Å². The van der Waals surface area contributed by atoms with E-state index >= 15 is 0 Å². The highest BCUT2D eigenvalue weighted by molar-refractivity contribution is 7.71.